The zero-order chi connectivity index (χ0) is 13.0. The van der Waals surface area contributed by atoms with E-state index in [2.05, 4.69) is 64.5 Å². The normalized spacial score (nSPS) is 19.1. The fourth-order valence-corrected chi connectivity index (χ4v) is 3.03. The van der Waals surface area contributed by atoms with Crippen LogP contribution in [0.4, 0.5) is 0 Å². The van der Waals surface area contributed by atoms with Crippen molar-refractivity contribution >= 4 is 15.9 Å². The van der Waals surface area contributed by atoms with Crippen molar-refractivity contribution in [2.24, 2.45) is 5.92 Å². The smallest absolute Gasteiger partial charge is 0.0344 e. The van der Waals surface area contributed by atoms with Crippen LogP contribution in [0.1, 0.15) is 30.9 Å². The van der Waals surface area contributed by atoms with Crippen LogP contribution in [0.2, 0.25) is 0 Å². The molecule has 1 aromatic rings. The van der Waals surface area contributed by atoms with Gasteiger partial charge >= 0.3 is 0 Å². The average Bonchev–Trinajstić information content (AvgIpc) is 2.38. The number of hydrogen-bond donors (Lipinski definition) is 1. The molecule has 100 valence electrons. The number of nitrogens with one attached hydrogen (secondary N) is 1. The molecule has 1 atom stereocenters. The lowest BCUT2D eigenvalue weighted by Gasteiger charge is -2.31. The van der Waals surface area contributed by atoms with Crippen LogP contribution in [-0.4, -0.2) is 32.1 Å². The van der Waals surface area contributed by atoms with Gasteiger partial charge in [-0.2, -0.15) is 0 Å². The van der Waals surface area contributed by atoms with Crippen LogP contribution in [0.3, 0.4) is 0 Å². The van der Waals surface area contributed by atoms with Crippen molar-refractivity contribution in [3.63, 3.8) is 0 Å². The van der Waals surface area contributed by atoms with E-state index in [1.54, 1.807) is 0 Å². The zero-order valence-electron chi connectivity index (χ0n) is 11.3. The molecule has 1 aliphatic heterocycles. The molecule has 18 heavy (non-hydrogen) atoms. The summed E-state index contributed by atoms with van der Waals surface area (Å²) in [6.07, 6.45) is 3.91. The van der Waals surface area contributed by atoms with Crippen molar-refractivity contribution in [3.8, 4) is 0 Å². The first kappa shape index (κ1) is 14.0. The van der Waals surface area contributed by atoms with Gasteiger partial charge in [0.1, 0.15) is 0 Å². The molecule has 1 saturated heterocycles. The summed E-state index contributed by atoms with van der Waals surface area (Å²) in [4.78, 5) is 2.35. The van der Waals surface area contributed by atoms with Gasteiger partial charge in [0, 0.05) is 10.5 Å². The van der Waals surface area contributed by atoms with Crippen LogP contribution >= 0.6 is 15.9 Å². The van der Waals surface area contributed by atoms with Crippen LogP contribution in [0.15, 0.2) is 28.7 Å². The zero-order valence-corrected chi connectivity index (χ0v) is 12.9. The monoisotopic (exact) mass is 310 g/mol. The van der Waals surface area contributed by atoms with E-state index in [9.17, 15) is 0 Å². The lowest BCUT2D eigenvalue weighted by Crippen LogP contribution is -2.31. The summed E-state index contributed by atoms with van der Waals surface area (Å²) in [6.45, 7) is 2.37. The highest BCUT2D eigenvalue weighted by molar-refractivity contribution is 9.10. The average molecular weight is 311 g/mol. The van der Waals surface area contributed by atoms with E-state index < -0.39 is 0 Å². The van der Waals surface area contributed by atoms with E-state index in [-0.39, 0.29) is 0 Å². The van der Waals surface area contributed by atoms with Crippen LogP contribution in [0.5, 0.6) is 0 Å². The Kier molecular flexibility index (Phi) is 5.22. The number of benzene rings is 1. The second-order valence-corrected chi connectivity index (χ2v) is 6.38. The maximum atomic E-state index is 3.51. The molecule has 0 spiro atoms. The highest BCUT2D eigenvalue weighted by Crippen LogP contribution is 2.30. The molecule has 0 amide bonds. The molecule has 0 radical (unpaired) electrons. The van der Waals surface area contributed by atoms with Crippen molar-refractivity contribution in [1.29, 1.82) is 0 Å². The first-order valence-corrected chi connectivity index (χ1v) is 7.58. The Labute approximate surface area is 119 Å². The lowest BCUT2D eigenvalue weighted by atomic mass is 9.88. The van der Waals surface area contributed by atoms with Crippen molar-refractivity contribution in [1.82, 2.24) is 10.2 Å². The SMILES string of the molecule is CN(C)C(CC1CCNCC1)c1ccc(Br)cc1. The summed E-state index contributed by atoms with van der Waals surface area (Å²) < 4.78 is 1.16. The molecule has 2 nitrogen and oxygen atoms in total. The number of nitrogens with zero attached hydrogens (tertiary/aromatic N) is 1. The second kappa shape index (κ2) is 6.69. The van der Waals surface area contributed by atoms with Crippen molar-refractivity contribution in [2.45, 2.75) is 25.3 Å². The van der Waals surface area contributed by atoms with E-state index in [0.717, 1.165) is 10.4 Å². The van der Waals surface area contributed by atoms with Crippen LogP contribution in [0.25, 0.3) is 0 Å². The summed E-state index contributed by atoms with van der Waals surface area (Å²) in [7, 11) is 4.38. The lowest BCUT2D eigenvalue weighted by molar-refractivity contribution is 0.223. The van der Waals surface area contributed by atoms with E-state index in [0.29, 0.717) is 6.04 Å². The van der Waals surface area contributed by atoms with Gasteiger partial charge in [-0.1, -0.05) is 28.1 Å². The van der Waals surface area contributed by atoms with E-state index >= 15 is 0 Å². The van der Waals surface area contributed by atoms with Gasteiger partial charge in [0.2, 0.25) is 0 Å². The first-order valence-electron chi connectivity index (χ1n) is 6.79. The Balaban J connectivity index is 2.05. The van der Waals surface area contributed by atoms with Gasteiger partial charge in [0.15, 0.2) is 0 Å². The van der Waals surface area contributed by atoms with E-state index in [1.165, 1.54) is 37.9 Å². The number of hydrogen-bond acceptors (Lipinski definition) is 2. The molecule has 1 fully saturated rings. The topological polar surface area (TPSA) is 15.3 Å². The summed E-state index contributed by atoms with van der Waals surface area (Å²) in [5.41, 5.74) is 1.43. The molecule has 0 saturated carbocycles. The second-order valence-electron chi connectivity index (χ2n) is 5.46. The van der Waals surface area contributed by atoms with Gasteiger partial charge in [-0.25, -0.2) is 0 Å². The Bertz CT molecular complexity index is 355. The summed E-state index contributed by atoms with van der Waals surface area (Å²) in [5.74, 6) is 0.863. The first-order chi connectivity index (χ1) is 8.66. The maximum absolute atomic E-state index is 3.51. The van der Waals surface area contributed by atoms with Gasteiger partial charge in [-0.15, -0.1) is 0 Å². The summed E-state index contributed by atoms with van der Waals surface area (Å²) >= 11 is 3.51. The van der Waals surface area contributed by atoms with Gasteiger partial charge in [-0.05, 0) is 70.1 Å². The molecule has 1 unspecified atom stereocenters. The number of rotatable bonds is 4. The molecular weight excluding hydrogens is 288 g/mol. The molecule has 2 rings (SSSR count). The minimum atomic E-state index is 0.543. The molecule has 0 aliphatic carbocycles. The van der Waals surface area contributed by atoms with Gasteiger partial charge in [0.05, 0.1) is 0 Å². The quantitative estimate of drug-likeness (QED) is 0.916. The fraction of sp³-hybridized carbons (Fsp3) is 0.600. The molecule has 1 aromatic carbocycles. The Morgan fingerprint density at radius 2 is 1.83 bits per heavy atom. The molecule has 0 bridgehead atoms. The van der Waals surface area contributed by atoms with Crippen LogP contribution < -0.4 is 5.32 Å². The van der Waals surface area contributed by atoms with Gasteiger partial charge in [0.25, 0.3) is 0 Å². The van der Waals surface area contributed by atoms with Crippen LogP contribution in [0, 0.1) is 5.92 Å². The van der Waals surface area contributed by atoms with Gasteiger partial charge in [-0.3, -0.25) is 0 Å². The Morgan fingerprint density at radius 3 is 2.39 bits per heavy atom. The maximum Gasteiger partial charge on any atom is 0.0344 e. The Hall–Kier alpha value is -0.380. The third-order valence-corrected chi connectivity index (χ3v) is 4.42. The van der Waals surface area contributed by atoms with E-state index in [1.807, 2.05) is 0 Å². The van der Waals surface area contributed by atoms with Crippen molar-refractivity contribution in [3.05, 3.63) is 34.3 Å². The van der Waals surface area contributed by atoms with Crippen molar-refractivity contribution < 1.29 is 0 Å². The van der Waals surface area contributed by atoms with E-state index in [4.69, 9.17) is 0 Å². The molecule has 1 N–H and O–H groups in total. The largest absolute Gasteiger partial charge is 0.317 e. The van der Waals surface area contributed by atoms with Crippen LogP contribution in [-0.2, 0) is 0 Å². The molecule has 1 heterocycles. The summed E-state index contributed by atoms with van der Waals surface area (Å²) in [6, 6.07) is 9.33. The standard InChI is InChI=1S/C15H23BrN2/c1-18(2)15(11-12-7-9-17-10-8-12)13-3-5-14(16)6-4-13/h3-6,12,15,17H,7-11H2,1-2H3. The third kappa shape index (κ3) is 3.81. The Morgan fingerprint density at radius 1 is 1.22 bits per heavy atom. The molecule has 1 aliphatic rings. The van der Waals surface area contributed by atoms with Gasteiger partial charge < -0.3 is 10.2 Å². The number of halogens is 1. The fourth-order valence-electron chi connectivity index (χ4n) is 2.76. The molecule has 0 aromatic heterocycles. The predicted molar refractivity (Wildman–Crippen MR) is 80.8 cm³/mol. The minimum Gasteiger partial charge on any atom is -0.317 e. The highest BCUT2D eigenvalue weighted by Gasteiger charge is 2.21. The third-order valence-electron chi connectivity index (χ3n) is 3.89. The molecular formula is C15H23BrN2. The minimum absolute atomic E-state index is 0.543. The number of piperidine rings is 1. The predicted octanol–water partition coefficient (Wildman–Crippen LogP) is 3.44. The highest BCUT2D eigenvalue weighted by atomic mass is 79.9. The molecule has 3 heteroatoms. The summed E-state index contributed by atoms with van der Waals surface area (Å²) in [5, 5.41) is 3.44. The van der Waals surface area contributed by atoms with Crippen molar-refractivity contribution in [2.75, 3.05) is 27.2 Å².